The predicted octanol–water partition coefficient (Wildman–Crippen LogP) is 2.76. The van der Waals surface area contributed by atoms with Gasteiger partial charge >= 0.3 is 6.03 Å². The molecule has 1 saturated heterocycles. The first-order valence-electron chi connectivity index (χ1n) is 9.34. The quantitative estimate of drug-likeness (QED) is 0.916. The van der Waals surface area contributed by atoms with Gasteiger partial charge in [0.2, 0.25) is 0 Å². The molecule has 2 aromatic rings. The van der Waals surface area contributed by atoms with Crippen molar-refractivity contribution in [1.82, 2.24) is 20.4 Å². The minimum Gasteiger partial charge on any atom is -0.469 e. The number of fused-ring (bicyclic) bond motifs is 1. The van der Waals surface area contributed by atoms with Crippen LogP contribution in [0.15, 0.2) is 35.1 Å². The van der Waals surface area contributed by atoms with Gasteiger partial charge in [-0.1, -0.05) is 0 Å². The minimum absolute atomic E-state index is 0.0185. The molecule has 7 nitrogen and oxygen atoms in total. The van der Waals surface area contributed by atoms with Gasteiger partial charge in [-0.3, -0.25) is 0 Å². The molecule has 0 saturated carbocycles. The van der Waals surface area contributed by atoms with E-state index in [1.54, 1.807) is 12.5 Å². The summed E-state index contributed by atoms with van der Waals surface area (Å²) >= 11 is 0. The number of carbonyl (C=O) groups excluding carboxylic acids is 1. The number of hydrogen-bond donors (Lipinski definition) is 1. The number of nitrogens with one attached hydrogen (secondary N) is 1. The van der Waals surface area contributed by atoms with Gasteiger partial charge in [-0.2, -0.15) is 5.10 Å². The normalized spacial score (nSPS) is 22.6. The van der Waals surface area contributed by atoms with E-state index < -0.39 is 0 Å². The molecule has 2 amide bonds. The van der Waals surface area contributed by atoms with Crippen LogP contribution in [-0.2, 0) is 6.42 Å². The number of hydrogen-bond acceptors (Lipinski definition) is 5. The van der Waals surface area contributed by atoms with Crippen LogP contribution >= 0.6 is 0 Å². The van der Waals surface area contributed by atoms with E-state index in [2.05, 4.69) is 20.4 Å². The van der Waals surface area contributed by atoms with Gasteiger partial charge in [0.1, 0.15) is 5.76 Å². The van der Waals surface area contributed by atoms with Crippen molar-refractivity contribution in [3.05, 3.63) is 42.0 Å². The number of likely N-dealkylation sites (N-methyl/N-ethyl adjacent to an activating group) is 1. The topological polar surface area (TPSA) is 74.5 Å². The maximum absolute atomic E-state index is 12.8. The van der Waals surface area contributed by atoms with Gasteiger partial charge in [0.25, 0.3) is 0 Å². The van der Waals surface area contributed by atoms with Gasteiger partial charge in [0.05, 0.1) is 18.3 Å². The second-order valence-electron chi connectivity index (χ2n) is 7.13. The van der Waals surface area contributed by atoms with E-state index in [0.29, 0.717) is 0 Å². The maximum Gasteiger partial charge on any atom is 0.317 e. The van der Waals surface area contributed by atoms with Crippen molar-refractivity contribution >= 4 is 11.8 Å². The second-order valence-corrected chi connectivity index (χ2v) is 7.13. The first-order valence-corrected chi connectivity index (χ1v) is 9.34. The maximum atomic E-state index is 12.8. The number of furan rings is 1. The van der Waals surface area contributed by atoms with Crippen molar-refractivity contribution in [2.45, 2.75) is 44.2 Å². The highest BCUT2D eigenvalue weighted by molar-refractivity contribution is 5.75. The molecule has 0 bridgehead atoms. The third kappa shape index (κ3) is 3.38. The van der Waals surface area contributed by atoms with Crippen molar-refractivity contribution in [3.8, 4) is 0 Å². The number of carbonyl (C=O) groups is 1. The van der Waals surface area contributed by atoms with Crippen molar-refractivity contribution in [2.75, 3.05) is 25.0 Å². The predicted molar refractivity (Wildman–Crippen MR) is 97.9 cm³/mol. The van der Waals surface area contributed by atoms with Crippen molar-refractivity contribution in [3.63, 3.8) is 0 Å². The number of piperidine rings is 1. The molecule has 0 radical (unpaired) electrons. The largest absolute Gasteiger partial charge is 0.469 e. The first kappa shape index (κ1) is 16.9. The Morgan fingerprint density at radius 1 is 1.35 bits per heavy atom. The smallest absolute Gasteiger partial charge is 0.317 e. The molecule has 7 heteroatoms. The van der Waals surface area contributed by atoms with Gasteiger partial charge in [0.15, 0.2) is 5.82 Å². The highest BCUT2D eigenvalue weighted by Gasteiger charge is 2.30. The molecule has 2 aromatic heterocycles. The number of aromatic nitrogens is 2. The van der Waals surface area contributed by atoms with E-state index in [1.165, 1.54) is 0 Å². The van der Waals surface area contributed by atoms with Crippen LogP contribution in [0.25, 0.3) is 0 Å². The summed E-state index contributed by atoms with van der Waals surface area (Å²) in [5.41, 5.74) is 1.13. The zero-order valence-corrected chi connectivity index (χ0v) is 15.1. The minimum atomic E-state index is -0.0185. The lowest BCUT2D eigenvalue weighted by atomic mass is 9.93. The fourth-order valence-electron chi connectivity index (χ4n) is 3.99. The van der Waals surface area contributed by atoms with Crippen LogP contribution in [0.3, 0.4) is 0 Å². The fraction of sp³-hybridized carbons (Fsp3) is 0.526. The summed E-state index contributed by atoms with van der Waals surface area (Å²) in [5, 5.41) is 11.4. The number of urea groups is 1. The van der Waals surface area contributed by atoms with E-state index in [0.717, 1.165) is 62.3 Å². The summed E-state index contributed by atoms with van der Waals surface area (Å²) in [7, 11) is 1.89. The summed E-state index contributed by atoms with van der Waals surface area (Å²) in [5.74, 6) is 1.89. The van der Waals surface area contributed by atoms with Crippen LogP contribution in [0.2, 0.25) is 0 Å². The number of amides is 2. The molecule has 1 aliphatic heterocycles. The van der Waals surface area contributed by atoms with Crippen LogP contribution in [0, 0.1) is 0 Å². The molecule has 1 N–H and O–H groups in total. The molecule has 1 fully saturated rings. The molecule has 0 spiro atoms. The summed E-state index contributed by atoms with van der Waals surface area (Å²) in [6, 6.07) is 6.04. The zero-order chi connectivity index (χ0) is 17.9. The van der Waals surface area contributed by atoms with Gasteiger partial charge in [0, 0.05) is 38.3 Å². The van der Waals surface area contributed by atoms with E-state index in [-0.39, 0.29) is 18.1 Å². The van der Waals surface area contributed by atoms with Crippen molar-refractivity contribution in [2.24, 2.45) is 0 Å². The SMILES string of the molecule is CN(C(=O)NC1CCCc2occc21)C1CCCN(c2cccnn2)C1. The van der Waals surface area contributed by atoms with E-state index in [4.69, 9.17) is 4.42 Å². The van der Waals surface area contributed by atoms with Gasteiger partial charge in [-0.25, -0.2) is 4.79 Å². The third-order valence-electron chi connectivity index (χ3n) is 5.50. The Labute approximate surface area is 153 Å². The second kappa shape index (κ2) is 7.35. The Balaban J connectivity index is 1.39. The Hall–Kier alpha value is -2.57. The number of aryl methyl sites for hydroxylation is 1. The van der Waals surface area contributed by atoms with Crippen LogP contribution in [0.5, 0.6) is 0 Å². The number of nitrogens with zero attached hydrogens (tertiary/aromatic N) is 4. The average molecular weight is 355 g/mol. The lowest BCUT2D eigenvalue weighted by Gasteiger charge is -2.38. The van der Waals surface area contributed by atoms with Crippen LogP contribution in [0.4, 0.5) is 10.6 Å². The van der Waals surface area contributed by atoms with Gasteiger partial charge < -0.3 is 19.5 Å². The highest BCUT2D eigenvalue weighted by Crippen LogP contribution is 2.30. The van der Waals surface area contributed by atoms with E-state index >= 15 is 0 Å². The summed E-state index contributed by atoms with van der Waals surface area (Å²) in [6.45, 7) is 1.73. The number of rotatable bonds is 3. The molecule has 0 aromatic carbocycles. The molecular formula is C19H25N5O2. The molecule has 1 aliphatic carbocycles. The van der Waals surface area contributed by atoms with Crippen LogP contribution < -0.4 is 10.2 Å². The molecule has 3 heterocycles. The Kier molecular flexibility index (Phi) is 4.77. The Morgan fingerprint density at radius 2 is 2.27 bits per heavy atom. The lowest BCUT2D eigenvalue weighted by molar-refractivity contribution is 0.177. The molecule has 2 atom stereocenters. The zero-order valence-electron chi connectivity index (χ0n) is 15.1. The molecule has 138 valence electrons. The van der Waals surface area contributed by atoms with Crippen LogP contribution in [-0.4, -0.2) is 47.3 Å². The Bertz CT molecular complexity index is 747. The Morgan fingerprint density at radius 3 is 3.12 bits per heavy atom. The average Bonchev–Trinajstić information content (AvgIpc) is 3.18. The molecule has 2 unspecified atom stereocenters. The molecule has 2 aliphatic rings. The van der Waals surface area contributed by atoms with E-state index in [9.17, 15) is 4.79 Å². The summed E-state index contributed by atoms with van der Waals surface area (Å²) in [6.07, 6.45) is 8.40. The van der Waals surface area contributed by atoms with Crippen LogP contribution in [0.1, 0.15) is 43.0 Å². The third-order valence-corrected chi connectivity index (χ3v) is 5.50. The standard InChI is InChI=1S/C19H25N5O2/c1-23(14-5-4-11-24(13-14)18-8-3-10-20-22-18)19(25)21-16-6-2-7-17-15(16)9-12-26-17/h3,8-10,12,14,16H,2,4-7,11,13H2,1H3,(H,21,25). The molecular weight excluding hydrogens is 330 g/mol. The first-order chi connectivity index (χ1) is 12.7. The van der Waals surface area contributed by atoms with E-state index in [1.807, 2.05) is 30.1 Å². The summed E-state index contributed by atoms with van der Waals surface area (Å²) < 4.78 is 5.52. The lowest BCUT2D eigenvalue weighted by Crippen LogP contribution is -2.52. The molecule has 4 rings (SSSR count). The monoisotopic (exact) mass is 355 g/mol. The highest BCUT2D eigenvalue weighted by atomic mass is 16.3. The van der Waals surface area contributed by atoms with Gasteiger partial charge in [-0.15, -0.1) is 5.10 Å². The fourth-order valence-corrected chi connectivity index (χ4v) is 3.99. The summed E-state index contributed by atoms with van der Waals surface area (Å²) in [4.78, 5) is 16.9. The van der Waals surface area contributed by atoms with Gasteiger partial charge in [-0.05, 0) is 43.9 Å². The molecule has 26 heavy (non-hydrogen) atoms. The van der Waals surface area contributed by atoms with Crippen molar-refractivity contribution in [1.29, 1.82) is 0 Å². The number of anilines is 1. The van der Waals surface area contributed by atoms with Crippen molar-refractivity contribution < 1.29 is 9.21 Å².